The van der Waals surface area contributed by atoms with E-state index in [0.29, 0.717) is 6.54 Å². The van der Waals surface area contributed by atoms with Gasteiger partial charge in [0.05, 0.1) is 23.2 Å². The molecule has 2 rings (SSSR count). The lowest BCUT2D eigenvalue weighted by Crippen LogP contribution is -2.43. The molecule has 0 saturated carbocycles. The monoisotopic (exact) mass is 325 g/mol. The maximum Gasteiger partial charge on any atom is 0.418 e. The maximum absolute atomic E-state index is 13.2. The van der Waals surface area contributed by atoms with E-state index in [1.807, 2.05) is 20.8 Å². The smallest absolute Gasteiger partial charge is 0.380 e. The molecule has 0 aromatic heterocycles. The van der Waals surface area contributed by atoms with Crippen molar-refractivity contribution in [1.29, 1.82) is 5.26 Å². The number of anilines is 1. The molecule has 1 heterocycles. The molecule has 1 amide bonds. The zero-order valence-electron chi connectivity index (χ0n) is 13.2. The van der Waals surface area contributed by atoms with E-state index in [2.05, 4.69) is 5.32 Å². The fourth-order valence-electron chi connectivity index (χ4n) is 2.65. The number of halogens is 3. The van der Waals surface area contributed by atoms with Crippen molar-refractivity contribution in [2.24, 2.45) is 0 Å². The van der Waals surface area contributed by atoms with Gasteiger partial charge in [-0.15, -0.1) is 0 Å². The Balaban J connectivity index is 2.25. The van der Waals surface area contributed by atoms with Gasteiger partial charge in [-0.05, 0) is 39.0 Å². The Labute approximate surface area is 132 Å². The summed E-state index contributed by atoms with van der Waals surface area (Å²) in [6.07, 6.45) is -4.42. The molecule has 1 aliphatic heterocycles. The van der Waals surface area contributed by atoms with Gasteiger partial charge in [0.25, 0.3) is 0 Å². The van der Waals surface area contributed by atoms with Crippen LogP contribution in [0.3, 0.4) is 0 Å². The quantitative estimate of drug-likeness (QED) is 0.907. The number of rotatable bonds is 2. The standard InChI is InChI=1S/C16H18F3N3O/c1-15(2,3)22-9-11(7-14(22)23)21-13-5-4-10(8-20)6-12(13)16(17,18)19/h4-6,11,21H,7,9H2,1-3H3. The van der Waals surface area contributed by atoms with Crippen LogP contribution in [-0.4, -0.2) is 28.9 Å². The third kappa shape index (κ3) is 3.76. The minimum Gasteiger partial charge on any atom is -0.380 e. The Hall–Kier alpha value is -2.23. The second kappa shape index (κ2) is 5.76. The second-order valence-electron chi connectivity index (χ2n) is 6.59. The molecule has 124 valence electrons. The van der Waals surface area contributed by atoms with Crippen LogP contribution in [0.4, 0.5) is 18.9 Å². The topological polar surface area (TPSA) is 56.1 Å². The summed E-state index contributed by atoms with van der Waals surface area (Å²) in [5.74, 6) is -0.0859. The molecule has 4 nitrogen and oxygen atoms in total. The summed E-state index contributed by atoms with van der Waals surface area (Å²) >= 11 is 0. The summed E-state index contributed by atoms with van der Waals surface area (Å²) in [5, 5.41) is 11.6. The van der Waals surface area contributed by atoms with Crippen molar-refractivity contribution in [3.05, 3.63) is 29.3 Å². The minimum atomic E-state index is -4.57. The fourth-order valence-corrected chi connectivity index (χ4v) is 2.65. The molecular formula is C16H18F3N3O. The highest BCUT2D eigenvalue weighted by molar-refractivity contribution is 5.81. The van der Waals surface area contributed by atoms with E-state index >= 15 is 0 Å². The molecule has 0 aliphatic carbocycles. The molecule has 1 N–H and O–H groups in total. The van der Waals surface area contributed by atoms with Crippen molar-refractivity contribution < 1.29 is 18.0 Å². The number of benzene rings is 1. The van der Waals surface area contributed by atoms with Gasteiger partial charge in [0.15, 0.2) is 0 Å². The third-order valence-electron chi connectivity index (χ3n) is 3.75. The number of nitrogens with zero attached hydrogens (tertiary/aromatic N) is 2. The summed E-state index contributed by atoms with van der Waals surface area (Å²) in [5.41, 5.74) is -1.42. The fraction of sp³-hybridized carbons (Fsp3) is 0.500. The van der Waals surface area contributed by atoms with Gasteiger partial charge in [-0.1, -0.05) is 0 Å². The Kier molecular flexibility index (Phi) is 4.29. The van der Waals surface area contributed by atoms with Crippen LogP contribution in [0.1, 0.15) is 38.3 Å². The number of hydrogen-bond donors (Lipinski definition) is 1. The SMILES string of the molecule is CC(C)(C)N1CC(Nc2ccc(C#N)cc2C(F)(F)F)CC1=O. The Morgan fingerprint density at radius 2 is 1.96 bits per heavy atom. The van der Waals surface area contributed by atoms with Crippen molar-refractivity contribution >= 4 is 11.6 Å². The predicted octanol–water partition coefficient (Wildman–Crippen LogP) is 3.39. The Bertz CT molecular complexity index is 656. The first-order valence-corrected chi connectivity index (χ1v) is 7.20. The van der Waals surface area contributed by atoms with Crippen LogP contribution in [0.5, 0.6) is 0 Å². The van der Waals surface area contributed by atoms with Crippen molar-refractivity contribution in [3.63, 3.8) is 0 Å². The van der Waals surface area contributed by atoms with Crippen molar-refractivity contribution in [1.82, 2.24) is 4.90 Å². The molecule has 1 saturated heterocycles. The summed E-state index contributed by atoms with van der Waals surface area (Å²) in [6, 6.07) is 4.70. The van der Waals surface area contributed by atoms with Crippen LogP contribution in [-0.2, 0) is 11.0 Å². The van der Waals surface area contributed by atoms with E-state index in [9.17, 15) is 18.0 Å². The molecule has 1 aromatic carbocycles. The van der Waals surface area contributed by atoms with E-state index in [4.69, 9.17) is 5.26 Å². The highest BCUT2D eigenvalue weighted by Gasteiger charge is 2.38. The molecule has 1 fully saturated rings. The number of amides is 1. The maximum atomic E-state index is 13.2. The number of hydrogen-bond acceptors (Lipinski definition) is 3. The zero-order valence-corrected chi connectivity index (χ0v) is 13.2. The lowest BCUT2D eigenvalue weighted by atomic mass is 10.1. The summed E-state index contributed by atoms with van der Waals surface area (Å²) in [7, 11) is 0. The molecule has 0 bridgehead atoms. The lowest BCUT2D eigenvalue weighted by molar-refractivity contribution is -0.137. The number of nitrogens with one attached hydrogen (secondary N) is 1. The van der Waals surface area contributed by atoms with Gasteiger partial charge in [0.1, 0.15) is 0 Å². The molecular weight excluding hydrogens is 307 g/mol. The van der Waals surface area contributed by atoms with Crippen LogP contribution in [0, 0.1) is 11.3 Å². The number of alkyl halides is 3. The first kappa shape index (κ1) is 17.1. The number of carbonyl (C=O) groups is 1. The minimum absolute atomic E-state index is 0.0540. The molecule has 1 aliphatic rings. The van der Waals surface area contributed by atoms with Crippen LogP contribution in [0.25, 0.3) is 0 Å². The summed E-state index contributed by atoms with van der Waals surface area (Å²) in [6.45, 7) is 6.00. The van der Waals surface area contributed by atoms with E-state index in [1.165, 1.54) is 12.1 Å². The van der Waals surface area contributed by atoms with Gasteiger partial charge < -0.3 is 10.2 Å². The first-order valence-electron chi connectivity index (χ1n) is 7.20. The molecule has 1 unspecified atom stereocenters. The Morgan fingerprint density at radius 3 is 2.43 bits per heavy atom. The van der Waals surface area contributed by atoms with Crippen LogP contribution < -0.4 is 5.32 Å². The van der Waals surface area contributed by atoms with Gasteiger partial charge in [0, 0.05) is 24.2 Å². The van der Waals surface area contributed by atoms with E-state index in [1.54, 1.807) is 11.0 Å². The second-order valence-corrected chi connectivity index (χ2v) is 6.59. The van der Waals surface area contributed by atoms with Crippen LogP contribution in [0.15, 0.2) is 18.2 Å². The van der Waals surface area contributed by atoms with E-state index < -0.39 is 17.8 Å². The van der Waals surface area contributed by atoms with Gasteiger partial charge in [0.2, 0.25) is 5.91 Å². The highest BCUT2D eigenvalue weighted by Crippen LogP contribution is 2.36. The van der Waals surface area contributed by atoms with Crippen LogP contribution >= 0.6 is 0 Å². The van der Waals surface area contributed by atoms with Crippen molar-refractivity contribution in [2.75, 3.05) is 11.9 Å². The molecule has 7 heteroatoms. The third-order valence-corrected chi connectivity index (χ3v) is 3.75. The van der Waals surface area contributed by atoms with Gasteiger partial charge in [-0.2, -0.15) is 18.4 Å². The number of likely N-dealkylation sites (tertiary alicyclic amines) is 1. The van der Waals surface area contributed by atoms with Crippen molar-refractivity contribution in [2.45, 2.75) is 44.9 Å². The molecule has 1 aromatic rings. The largest absolute Gasteiger partial charge is 0.418 e. The van der Waals surface area contributed by atoms with E-state index in [0.717, 1.165) is 6.07 Å². The summed E-state index contributed by atoms with van der Waals surface area (Å²) < 4.78 is 39.5. The highest BCUT2D eigenvalue weighted by atomic mass is 19.4. The zero-order chi connectivity index (χ0) is 17.4. The molecule has 1 atom stereocenters. The number of nitriles is 1. The Morgan fingerprint density at radius 1 is 1.30 bits per heavy atom. The van der Waals surface area contributed by atoms with Crippen LogP contribution in [0.2, 0.25) is 0 Å². The van der Waals surface area contributed by atoms with Gasteiger partial charge in [-0.3, -0.25) is 4.79 Å². The normalized spacial score (nSPS) is 18.9. The first-order chi connectivity index (χ1) is 10.5. The van der Waals surface area contributed by atoms with Gasteiger partial charge in [-0.25, -0.2) is 0 Å². The lowest BCUT2D eigenvalue weighted by Gasteiger charge is -2.32. The van der Waals surface area contributed by atoms with E-state index in [-0.39, 0.29) is 29.1 Å². The average Bonchev–Trinajstić information content (AvgIpc) is 2.79. The summed E-state index contributed by atoms with van der Waals surface area (Å²) in [4.78, 5) is 13.7. The molecule has 23 heavy (non-hydrogen) atoms. The predicted molar refractivity (Wildman–Crippen MR) is 79.7 cm³/mol. The number of carbonyl (C=O) groups excluding carboxylic acids is 1. The average molecular weight is 325 g/mol. The van der Waals surface area contributed by atoms with Gasteiger partial charge >= 0.3 is 6.18 Å². The van der Waals surface area contributed by atoms with Crippen molar-refractivity contribution in [3.8, 4) is 6.07 Å². The molecule has 0 radical (unpaired) electrons. The molecule has 0 spiro atoms.